The number of nitrogens with one attached hydrogen (secondary N) is 1. The first-order chi connectivity index (χ1) is 13.7. The summed E-state index contributed by atoms with van der Waals surface area (Å²) in [6, 6.07) is 11.3. The third-order valence-electron chi connectivity index (χ3n) is 4.68. The smallest absolute Gasteiger partial charge is 0.151 e. The molecule has 0 atom stereocenters. The molecule has 0 unspecified atom stereocenters. The van der Waals surface area contributed by atoms with Gasteiger partial charge in [0, 0.05) is 17.8 Å². The van der Waals surface area contributed by atoms with Gasteiger partial charge in [0.2, 0.25) is 0 Å². The molecular formula is C22H29ClFN3S. The number of thiol groups is 1. The number of fused-ring (bicyclic) bond motifs is 1. The van der Waals surface area contributed by atoms with Gasteiger partial charge in [0.1, 0.15) is 17.2 Å². The zero-order valence-electron chi connectivity index (χ0n) is 16.8. The molecule has 1 fully saturated rings. The second-order valence-corrected chi connectivity index (χ2v) is 6.73. The number of hydrogen-bond acceptors (Lipinski definition) is 3. The number of aromatic nitrogens is 2. The summed E-state index contributed by atoms with van der Waals surface area (Å²) in [5.74, 6) is 0.424. The van der Waals surface area contributed by atoms with E-state index in [1.807, 2.05) is 42.6 Å². The molecule has 0 bridgehead atoms. The van der Waals surface area contributed by atoms with E-state index in [9.17, 15) is 4.39 Å². The summed E-state index contributed by atoms with van der Waals surface area (Å²) in [5, 5.41) is 3.73. The van der Waals surface area contributed by atoms with E-state index in [0.29, 0.717) is 17.3 Å². The minimum atomic E-state index is -0.422. The van der Waals surface area contributed by atoms with Gasteiger partial charge in [0.05, 0.1) is 5.02 Å². The van der Waals surface area contributed by atoms with E-state index in [-0.39, 0.29) is 5.02 Å². The molecule has 4 rings (SSSR count). The van der Waals surface area contributed by atoms with Crippen molar-refractivity contribution in [3.8, 4) is 11.3 Å². The van der Waals surface area contributed by atoms with Crippen molar-refractivity contribution < 1.29 is 4.39 Å². The Labute approximate surface area is 177 Å². The van der Waals surface area contributed by atoms with Crippen LogP contribution in [-0.4, -0.2) is 21.7 Å². The second-order valence-electron chi connectivity index (χ2n) is 6.32. The van der Waals surface area contributed by atoms with Gasteiger partial charge in [-0.3, -0.25) is 4.40 Å². The Kier molecular flexibility index (Phi) is 9.13. The fourth-order valence-electron chi connectivity index (χ4n) is 3.45. The van der Waals surface area contributed by atoms with Crippen molar-refractivity contribution in [3.63, 3.8) is 0 Å². The van der Waals surface area contributed by atoms with Crippen LogP contribution in [0.2, 0.25) is 5.02 Å². The zero-order valence-corrected chi connectivity index (χ0v) is 18.4. The van der Waals surface area contributed by atoms with Crippen LogP contribution in [0, 0.1) is 5.82 Å². The summed E-state index contributed by atoms with van der Waals surface area (Å²) in [6.07, 6.45) is 9.68. The summed E-state index contributed by atoms with van der Waals surface area (Å²) in [4.78, 5) is 4.65. The van der Waals surface area contributed by atoms with Crippen LogP contribution in [-0.2, 0) is 0 Å². The van der Waals surface area contributed by atoms with Gasteiger partial charge in [-0.15, -0.1) is 0 Å². The monoisotopic (exact) mass is 421 g/mol. The molecule has 1 aromatic carbocycles. The lowest BCUT2D eigenvalue weighted by atomic mass is 9.95. The Morgan fingerprint density at radius 1 is 1.07 bits per heavy atom. The summed E-state index contributed by atoms with van der Waals surface area (Å²) in [7, 11) is 0. The molecule has 3 aromatic rings. The van der Waals surface area contributed by atoms with Gasteiger partial charge in [-0.2, -0.15) is 12.6 Å². The number of halogens is 2. The van der Waals surface area contributed by atoms with Gasteiger partial charge in [0.15, 0.2) is 5.82 Å². The van der Waals surface area contributed by atoms with Gasteiger partial charge >= 0.3 is 0 Å². The lowest BCUT2D eigenvalue weighted by Crippen LogP contribution is -2.23. The Balaban J connectivity index is 0.000000660. The number of pyridine rings is 1. The molecule has 0 aliphatic heterocycles. The highest BCUT2D eigenvalue weighted by Gasteiger charge is 2.21. The molecule has 1 saturated carbocycles. The number of nitrogens with zero attached hydrogens (tertiary/aromatic N) is 2. The lowest BCUT2D eigenvalue weighted by Gasteiger charge is -2.24. The van der Waals surface area contributed by atoms with Crippen molar-refractivity contribution in [2.45, 2.75) is 52.0 Å². The highest BCUT2D eigenvalue weighted by atomic mass is 35.5. The molecule has 1 aliphatic carbocycles. The van der Waals surface area contributed by atoms with E-state index in [1.165, 1.54) is 19.3 Å². The molecule has 28 heavy (non-hydrogen) atoms. The van der Waals surface area contributed by atoms with E-state index in [2.05, 4.69) is 22.9 Å². The molecule has 1 aliphatic rings. The van der Waals surface area contributed by atoms with Crippen molar-refractivity contribution in [1.29, 1.82) is 0 Å². The first-order valence-electron chi connectivity index (χ1n) is 9.87. The minimum Gasteiger partial charge on any atom is -0.367 e. The normalized spacial score (nSPS) is 13.9. The summed E-state index contributed by atoms with van der Waals surface area (Å²) in [6.45, 7) is 4.00. The Bertz CT molecular complexity index is 875. The fourth-order valence-corrected chi connectivity index (χ4v) is 3.62. The largest absolute Gasteiger partial charge is 0.367 e. The zero-order chi connectivity index (χ0) is 20.5. The molecule has 2 aromatic heterocycles. The van der Waals surface area contributed by atoms with Crippen LogP contribution in [0.3, 0.4) is 0 Å². The number of imidazole rings is 1. The van der Waals surface area contributed by atoms with Gasteiger partial charge < -0.3 is 5.32 Å². The SMILES string of the molecule is CC.CS.Fc1c(Cl)cccc1-c1nc2ccccn2c1NC1CCCCC1. The van der Waals surface area contributed by atoms with Crippen LogP contribution in [0.1, 0.15) is 46.0 Å². The number of benzene rings is 1. The highest BCUT2D eigenvalue weighted by molar-refractivity contribution is 7.79. The van der Waals surface area contributed by atoms with Crippen LogP contribution in [0.25, 0.3) is 16.9 Å². The van der Waals surface area contributed by atoms with Crippen LogP contribution in [0.15, 0.2) is 42.6 Å². The van der Waals surface area contributed by atoms with Crippen LogP contribution in [0.5, 0.6) is 0 Å². The predicted octanol–water partition coefficient (Wildman–Crippen LogP) is 7.11. The van der Waals surface area contributed by atoms with Crippen molar-refractivity contribution in [3.05, 3.63) is 53.4 Å². The maximum Gasteiger partial charge on any atom is 0.151 e. The van der Waals surface area contributed by atoms with E-state index >= 15 is 0 Å². The number of rotatable bonds is 3. The molecule has 0 radical (unpaired) electrons. The molecule has 2 heterocycles. The predicted molar refractivity (Wildman–Crippen MR) is 122 cm³/mol. The van der Waals surface area contributed by atoms with Crippen molar-refractivity contribution in [1.82, 2.24) is 9.38 Å². The summed E-state index contributed by atoms with van der Waals surface area (Å²) < 4.78 is 16.6. The van der Waals surface area contributed by atoms with Crippen molar-refractivity contribution >= 4 is 35.7 Å². The Hall–Kier alpha value is -1.72. The standard InChI is InChI=1S/C19H19ClFN3.C2H6.CH4S/c20-15-10-6-9-14(17(15)21)18-19(22-13-7-2-1-3-8-13)24-12-5-4-11-16(24)23-18;2*1-2/h4-6,9-13,22H,1-3,7-8H2;1-2H3;2H,1H3. The van der Waals surface area contributed by atoms with Crippen LogP contribution in [0.4, 0.5) is 10.2 Å². The minimum absolute atomic E-state index is 0.119. The Morgan fingerprint density at radius 3 is 2.50 bits per heavy atom. The molecule has 0 spiro atoms. The first kappa shape index (κ1) is 22.6. The number of anilines is 1. The number of hydrogen-bond donors (Lipinski definition) is 2. The molecule has 3 nitrogen and oxygen atoms in total. The van der Waals surface area contributed by atoms with E-state index in [4.69, 9.17) is 11.6 Å². The van der Waals surface area contributed by atoms with Gasteiger partial charge in [-0.05, 0) is 43.4 Å². The van der Waals surface area contributed by atoms with E-state index in [0.717, 1.165) is 24.3 Å². The van der Waals surface area contributed by atoms with Gasteiger partial charge in [-0.25, -0.2) is 9.37 Å². The third-order valence-corrected chi connectivity index (χ3v) is 4.97. The lowest BCUT2D eigenvalue weighted by molar-refractivity contribution is 0.461. The highest BCUT2D eigenvalue weighted by Crippen LogP contribution is 2.34. The van der Waals surface area contributed by atoms with Gasteiger partial charge in [-0.1, -0.05) is 56.8 Å². The second kappa shape index (κ2) is 11.3. The molecule has 0 amide bonds. The van der Waals surface area contributed by atoms with E-state index < -0.39 is 5.82 Å². The molecule has 152 valence electrons. The Morgan fingerprint density at radius 2 is 1.79 bits per heavy atom. The molecule has 1 N–H and O–H groups in total. The first-order valence-corrected chi connectivity index (χ1v) is 11.1. The van der Waals surface area contributed by atoms with Crippen molar-refractivity contribution in [2.75, 3.05) is 11.6 Å². The molecule has 0 saturated heterocycles. The van der Waals surface area contributed by atoms with Crippen molar-refractivity contribution in [2.24, 2.45) is 0 Å². The average molecular weight is 422 g/mol. The fraction of sp³-hybridized carbons (Fsp3) is 0.409. The maximum absolute atomic E-state index is 14.6. The van der Waals surface area contributed by atoms with Crippen LogP contribution >= 0.6 is 24.2 Å². The quantitative estimate of drug-likeness (QED) is 0.441. The molecular weight excluding hydrogens is 393 g/mol. The summed E-state index contributed by atoms with van der Waals surface area (Å²) >= 11 is 9.50. The van der Waals surface area contributed by atoms with Crippen LogP contribution < -0.4 is 5.32 Å². The van der Waals surface area contributed by atoms with Gasteiger partial charge in [0.25, 0.3) is 0 Å². The van der Waals surface area contributed by atoms with E-state index in [1.54, 1.807) is 24.5 Å². The topological polar surface area (TPSA) is 29.3 Å². The average Bonchev–Trinajstić information content (AvgIpc) is 3.12. The summed E-state index contributed by atoms with van der Waals surface area (Å²) in [5.41, 5.74) is 1.85. The third kappa shape index (κ3) is 5.00. The molecule has 6 heteroatoms. The maximum atomic E-state index is 14.6.